The van der Waals surface area contributed by atoms with Gasteiger partial charge in [-0.05, 0) is 44.5 Å². The van der Waals surface area contributed by atoms with E-state index in [1.54, 1.807) is 0 Å². The Kier molecular flexibility index (Phi) is 4.70. The minimum Gasteiger partial charge on any atom is -0.467 e. The largest absolute Gasteiger partial charge is 0.467 e. The smallest absolute Gasteiger partial charge is 0.332 e. The SMILES string of the molecule is COC(=O)C1(Nc2ccc(Br)cc2)CCN(C(C)C)C1. The maximum absolute atomic E-state index is 12.3. The first-order valence-corrected chi connectivity index (χ1v) is 7.62. The molecule has 110 valence electrons. The van der Waals surface area contributed by atoms with Gasteiger partial charge in [0.2, 0.25) is 0 Å². The number of benzene rings is 1. The fourth-order valence-electron chi connectivity index (χ4n) is 2.60. The minimum absolute atomic E-state index is 0.191. The number of likely N-dealkylation sites (tertiary alicyclic amines) is 1. The number of hydrogen-bond acceptors (Lipinski definition) is 4. The zero-order valence-electron chi connectivity index (χ0n) is 12.1. The Labute approximate surface area is 128 Å². The molecule has 1 aliphatic heterocycles. The van der Waals surface area contributed by atoms with Gasteiger partial charge in [0, 0.05) is 29.3 Å². The second-order valence-corrected chi connectivity index (χ2v) is 6.44. The van der Waals surface area contributed by atoms with Crippen LogP contribution in [0.4, 0.5) is 5.69 Å². The first kappa shape index (κ1) is 15.3. The summed E-state index contributed by atoms with van der Waals surface area (Å²) in [6.45, 7) is 5.86. The Morgan fingerprint density at radius 2 is 2.05 bits per heavy atom. The molecule has 0 aromatic heterocycles. The van der Waals surface area contributed by atoms with Gasteiger partial charge in [-0.25, -0.2) is 4.79 Å². The Morgan fingerprint density at radius 3 is 2.55 bits per heavy atom. The van der Waals surface area contributed by atoms with Gasteiger partial charge in [-0.1, -0.05) is 15.9 Å². The van der Waals surface area contributed by atoms with E-state index in [2.05, 4.69) is 40.0 Å². The van der Waals surface area contributed by atoms with E-state index in [0.717, 1.165) is 23.1 Å². The monoisotopic (exact) mass is 340 g/mol. The van der Waals surface area contributed by atoms with Crippen LogP contribution in [0.1, 0.15) is 20.3 Å². The fourth-order valence-corrected chi connectivity index (χ4v) is 2.87. The lowest BCUT2D eigenvalue weighted by molar-refractivity contribution is -0.145. The van der Waals surface area contributed by atoms with Gasteiger partial charge in [0.25, 0.3) is 0 Å². The lowest BCUT2D eigenvalue weighted by Crippen LogP contribution is -2.50. The van der Waals surface area contributed by atoms with Crippen molar-refractivity contribution in [1.82, 2.24) is 4.90 Å². The van der Waals surface area contributed by atoms with Crippen molar-refractivity contribution in [2.45, 2.75) is 31.8 Å². The van der Waals surface area contributed by atoms with Gasteiger partial charge in [0.05, 0.1) is 7.11 Å². The molecule has 5 heteroatoms. The number of nitrogens with one attached hydrogen (secondary N) is 1. The highest BCUT2D eigenvalue weighted by molar-refractivity contribution is 9.10. The van der Waals surface area contributed by atoms with Crippen LogP contribution in [0.5, 0.6) is 0 Å². The zero-order valence-corrected chi connectivity index (χ0v) is 13.7. The number of anilines is 1. The van der Waals surface area contributed by atoms with E-state index in [-0.39, 0.29) is 5.97 Å². The number of esters is 1. The van der Waals surface area contributed by atoms with Crippen LogP contribution in [-0.4, -0.2) is 42.6 Å². The van der Waals surface area contributed by atoms with Crippen molar-refractivity contribution >= 4 is 27.6 Å². The van der Waals surface area contributed by atoms with Gasteiger partial charge in [-0.3, -0.25) is 4.90 Å². The summed E-state index contributed by atoms with van der Waals surface area (Å²) in [7, 11) is 1.45. The predicted molar refractivity (Wildman–Crippen MR) is 83.8 cm³/mol. The van der Waals surface area contributed by atoms with Crippen molar-refractivity contribution in [3.63, 3.8) is 0 Å². The molecule has 1 atom stereocenters. The summed E-state index contributed by atoms with van der Waals surface area (Å²) in [6, 6.07) is 8.28. The van der Waals surface area contributed by atoms with Crippen LogP contribution >= 0.6 is 15.9 Å². The summed E-state index contributed by atoms with van der Waals surface area (Å²) in [6.07, 6.45) is 0.758. The van der Waals surface area contributed by atoms with Crippen molar-refractivity contribution in [1.29, 1.82) is 0 Å². The van der Waals surface area contributed by atoms with Crippen molar-refractivity contribution < 1.29 is 9.53 Å². The van der Waals surface area contributed by atoms with Crippen LogP contribution in [-0.2, 0) is 9.53 Å². The molecule has 1 N–H and O–H groups in total. The predicted octanol–water partition coefficient (Wildman–Crippen LogP) is 2.89. The topological polar surface area (TPSA) is 41.6 Å². The van der Waals surface area contributed by atoms with E-state index in [1.807, 2.05) is 24.3 Å². The van der Waals surface area contributed by atoms with Crippen molar-refractivity contribution in [3.8, 4) is 0 Å². The highest BCUT2D eigenvalue weighted by Gasteiger charge is 2.46. The zero-order chi connectivity index (χ0) is 14.8. The van der Waals surface area contributed by atoms with Crippen LogP contribution in [0.15, 0.2) is 28.7 Å². The van der Waals surface area contributed by atoms with Gasteiger partial charge in [-0.2, -0.15) is 0 Å². The third kappa shape index (κ3) is 3.15. The van der Waals surface area contributed by atoms with Gasteiger partial charge in [-0.15, -0.1) is 0 Å². The molecule has 0 spiro atoms. The maximum atomic E-state index is 12.3. The van der Waals surface area contributed by atoms with E-state index in [4.69, 9.17) is 4.74 Å². The summed E-state index contributed by atoms with van der Waals surface area (Å²) in [5.41, 5.74) is 0.288. The second-order valence-electron chi connectivity index (χ2n) is 5.52. The second kappa shape index (κ2) is 6.14. The summed E-state index contributed by atoms with van der Waals surface area (Å²) in [5, 5.41) is 3.38. The summed E-state index contributed by atoms with van der Waals surface area (Å²) < 4.78 is 6.04. The Morgan fingerprint density at radius 1 is 1.40 bits per heavy atom. The first-order chi connectivity index (χ1) is 9.47. The Bertz CT molecular complexity index is 475. The van der Waals surface area contributed by atoms with Crippen molar-refractivity contribution in [2.24, 2.45) is 0 Å². The molecular weight excluding hydrogens is 320 g/mol. The summed E-state index contributed by atoms with van der Waals surface area (Å²) in [4.78, 5) is 14.5. The van der Waals surface area contributed by atoms with Gasteiger partial charge < -0.3 is 10.1 Å². The third-order valence-electron chi connectivity index (χ3n) is 3.83. The van der Waals surface area contributed by atoms with Crippen LogP contribution in [0.2, 0.25) is 0 Å². The molecular formula is C15H21BrN2O2. The van der Waals surface area contributed by atoms with E-state index in [1.165, 1.54) is 7.11 Å². The molecule has 1 aromatic carbocycles. The van der Waals surface area contributed by atoms with Gasteiger partial charge in [0.15, 0.2) is 0 Å². The number of hydrogen-bond donors (Lipinski definition) is 1. The number of halogens is 1. The average Bonchev–Trinajstić information content (AvgIpc) is 2.86. The first-order valence-electron chi connectivity index (χ1n) is 6.83. The highest BCUT2D eigenvalue weighted by Crippen LogP contribution is 2.29. The van der Waals surface area contributed by atoms with Crippen molar-refractivity contribution in [3.05, 3.63) is 28.7 Å². The Balaban J connectivity index is 2.21. The normalized spacial score (nSPS) is 23.1. The standard InChI is InChI=1S/C15H21BrN2O2/c1-11(2)18-9-8-15(10-18,14(19)20-3)17-13-6-4-12(16)5-7-13/h4-7,11,17H,8-10H2,1-3H3. The van der Waals surface area contributed by atoms with Gasteiger partial charge >= 0.3 is 5.97 Å². The average molecular weight is 341 g/mol. The molecule has 4 nitrogen and oxygen atoms in total. The summed E-state index contributed by atoms with van der Waals surface area (Å²) in [5.74, 6) is -0.191. The molecule has 1 fully saturated rings. The maximum Gasteiger partial charge on any atom is 0.332 e. The molecule has 0 amide bonds. The van der Waals surface area contributed by atoms with E-state index in [0.29, 0.717) is 12.6 Å². The molecule has 0 bridgehead atoms. The van der Waals surface area contributed by atoms with E-state index < -0.39 is 5.54 Å². The van der Waals surface area contributed by atoms with Crippen molar-refractivity contribution in [2.75, 3.05) is 25.5 Å². The molecule has 0 saturated carbocycles. The Hall–Kier alpha value is -1.07. The molecule has 1 aromatic rings. The highest BCUT2D eigenvalue weighted by atomic mass is 79.9. The molecule has 0 radical (unpaired) electrons. The lowest BCUT2D eigenvalue weighted by atomic mass is 9.98. The number of methoxy groups -OCH3 is 1. The fraction of sp³-hybridized carbons (Fsp3) is 0.533. The number of nitrogens with zero attached hydrogens (tertiary/aromatic N) is 1. The van der Waals surface area contributed by atoms with Crippen LogP contribution < -0.4 is 5.32 Å². The number of rotatable bonds is 4. The molecule has 2 rings (SSSR count). The number of carbonyl (C=O) groups excluding carboxylic acids is 1. The van der Waals surface area contributed by atoms with Crippen LogP contribution in [0, 0.1) is 0 Å². The quantitative estimate of drug-likeness (QED) is 0.855. The van der Waals surface area contributed by atoms with Gasteiger partial charge in [0.1, 0.15) is 5.54 Å². The molecule has 1 aliphatic rings. The van der Waals surface area contributed by atoms with Crippen LogP contribution in [0.25, 0.3) is 0 Å². The molecule has 20 heavy (non-hydrogen) atoms. The molecule has 1 heterocycles. The lowest BCUT2D eigenvalue weighted by Gasteiger charge is -2.30. The van der Waals surface area contributed by atoms with E-state index >= 15 is 0 Å². The summed E-state index contributed by atoms with van der Waals surface area (Å²) >= 11 is 3.42. The number of ether oxygens (including phenoxy) is 1. The number of carbonyl (C=O) groups is 1. The molecule has 1 saturated heterocycles. The van der Waals surface area contributed by atoms with E-state index in [9.17, 15) is 4.79 Å². The van der Waals surface area contributed by atoms with Crippen LogP contribution in [0.3, 0.4) is 0 Å². The minimum atomic E-state index is -0.646. The molecule has 0 aliphatic carbocycles. The molecule has 1 unspecified atom stereocenters. The third-order valence-corrected chi connectivity index (χ3v) is 4.36.